The average molecular weight is 238 g/mol. The first kappa shape index (κ1) is 13.4. The molecule has 1 aromatic rings. The minimum atomic E-state index is -0.404. The fourth-order valence-electron chi connectivity index (χ4n) is 1.27. The van der Waals surface area contributed by atoms with Crippen molar-refractivity contribution in [3.63, 3.8) is 0 Å². The summed E-state index contributed by atoms with van der Waals surface area (Å²) in [5, 5.41) is 3.12. The number of ether oxygens (including phenoxy) is 2. The Morgan fingerprint density at radius 2 is 2.29 bits per heavy atom. The van der Waals surface area contributed by atoms with E-state index in [0.29, 0.717) is 24.7 Å². The molecule has 5 nitrogen and oxygen atoms in total. The maximum atomic E-state index is 11.6. The summed E-state index contributed by atoms with van der Waals surface area (Å²) < 4.78 is 10.4. The summed E-state index contributed by atoms with van der Waals surface area (Å²) in [5.41, 5.74) is 0.367. The van der Waals surface area contributed by atoms with Gasteiger partial charge in [0.1, 0.15) is 12.2 Å². The Hall–Kier alpha value is -1.62. The number of esters is 1. The van der Waals surface area contributed by atoms with E-state index in [2.05, 4.69) is 10.3 Å². The molecule has 0 atom stereocenters. The summed E-state index contributed by atoms with van der Waals surface area (Å²) in [4.78, 5) is 15.6. The molecule has 0 bridgehead atoms. The Morgan fingerprint density at radius 3 is 3.00 bits per heavy atom. The fraction of sp³-hybridized carbons (Fsp3) is 0.500. The van der Waals surface area contributed by atoms with Crippen LogP contribution in [0.3, 0.4) is 0 Å². The van der Waals surface area contributed by atoms with Gasteiger partial charge in [-0.3, -0.25) is 0 Å². The monoisotopic (exact) mass is 238 g/mol. The molecule has 0 fully saturated rings. The second-order valence-electron chi connectivity index (χ2n) is 3.28. The molecular weight excluding hydrogens is 220 g/mol. The summed E-state index contributed by atoms with van der Waals surface area (Å²) in [7, 11) is 0. The Balaban J connectivity index is 2.61. The van der Waals surface area contributed by atoms with E-state index in [-0.39, 0.29) is 0 Å². The lowest BCUT2D eigenvalue weighted by atomic mass is 10.3. The van der Waals surface area contributed by atoms with Gasteiger partial charge in [0.15, 0.2) is 0 Å². The second-order valence-corrected chi connectivity index (χ2v) is 3.28. The molecular formula is C12H18N2O3. The molecule has 1 heterocycles. The number of pyridine rings is 1. The molecule has 0 aromatic carbocycles. The molecule has 0 aliphatic rings. The molecule has 0 aliphatic carbocycles. The van der Waals surface area contributed by atoms with Crippen LogP contribution in [-0.2, 0) is 4.74 Å². The van der Waals surface area contributed by atoms with Gasteiger partial charge >= 0.3 is 5.97 Å². The number of carbonyl (C=O) groups is 1. The van der Waals surface area contributed by atoms with Gasteiger partial charge in [0.05, 0.1) is 6.61 Å². The minimum Gasteiger partial charge on any atom is -0.476 e. The number of nitrogens with zero attached hydrogens (tertiary/aromatic N) is 1. The van der Waals surface area contributed by atoms with Gasteiger partial charge in [0, 0.05) is 12.7 Å². The SMILES string of the molecule is CCNCCOc1ncccc1C(=O)OCC. The van der Waals surface area contributed by atoms with Crippen LogP contribution in [0, 0.1) is 0 Å². The highest BCUT2D eigenvalue weighted by molar-refractivity contribution is 5.91. The molecule has 1 aromatic heterocycles. The minimum absolute atomic E-state index is 0.323. The van der Waals surface area contributed by atoms with Crippen LogP contribution >= 0.6 is 0 Å². The summed E-state index contributed by atoms with van der Waals surface area (Å²) in [5.74, 6) is -0.0806. The third kappa shape index (κ3) is 4.40. The summed E-state index contributed by atoms with van der Waals surface area (Å²) >= 11 is 0. The molecule has 17 heavy (non-hydrogen) atoms. The van der Waals surface area contributed by atoms with Crippen molar-refractivity contribution < 1.29 is 14.3 Å². The van der Waals surface area contributed by atoms with Gasteiger partial charge in [0.25, 0.3) is 0 Å². The van der Waals surface area contributed by atoms with Crippen LogP contribution in [-0.4, -0.2) is 37.3 Å². The smallest absolute Gasteiger partial charge is 0.343 e. The highest BCUT2D eigenvalue weighted by Crippen LogP contribution is 2.15. The highest BCUT2D eigenvalue weighted by Gasteiger charge is 2.13. The quantitative estimate of drug-likeness (QED) is 0.572. The van der Waals surface area contributed by atoms with E-state index in [9.17, 15) is 4.79 Å². The zero-order valence-corrected chi connectivity index (χ0v) is 10.2. The Labute approximate surface area is 101 Å². The van der Waals surface area contributed by atoms with Crippen molar-refractivity contribution in [1.29, 1.82) is 0 Å². The van der Waals surface area contributed by atoms with Crippen molar-refractivity contribution in [1.82, 2.24) is 10.3 Å². The Bertz CT molecular complexity index is 355. The number of nitrogens with one attached hydrogen (secondary N) is 1. The highest BCUT2D eigenvalue weighted by atomic mass is 16.5. The van der Waals surface area contributed by atoms with Crippen molar-refractivity contribution in [2.45, 2.75) is 13.8 Å². The van der Waals surface area contributed by atoms with Crippen molar-refractivity contribution in [3.8, 4) is 5.88 Å². The van der Waals surface area contributed by atoms with Crippen molar-refractivity contribution in [2.75, 3.05) is 26.3 Å². The third-order valence-corrected chi connectivity index (χ3v) is 2.03. The third-order valence-electron chi connectivity index (χ3n) is 2.03. The molecule has 0 spiro atoms. The van der Waals surface area contributed by atoms with Gasteiger partial charge in [-0.2, -0.15) is 0 Å². The van der Waals surface area contributed by atoms with Crippen molar-refractivity contribution >= 4 is 5.97 Å². The first-order valence-corrected chi connectivity index (χ1v) is 5.75. The summed E-state index contributed by atoms with van der Waals surface area (Å²) in [6.45, 7) is 6.19. The molecule has 0 radical (unpaired) electrons. The van der Waals surface area contributed by atoms with E-state index < -0.39 is 5.97 Å². The topological polar surface area (TPSA) is 60.5 Å². The van der Waals surface area contributed by atoms with Crippen LogP contribution in [0.4, 0.5) is 0 Å². The maximum absolute atomic E-state index is 11.6. The summed E-state index contributed by atoms with van der Waals surface area (Å²) in [6.07, 6.45) is 1.59. The van der Waals surface area contributed by atoms with Gasteiger partial charge in [-0.05, 0) is 25.6 Å². The second kappa shape index (κ2) is 7.62. The Kier molecular flexibility index (Phi) is 6.03. The van der Waals surface area contributed by atoms with Crippen LogP contribution in [0.15, 0.2) is 18.3 Å². The molecule has 0 unspecified atom stereocenters. The lowest BCUT2D eigenvalue weighted by molar-refractivity contribution is 0.0520. The number of likely N-dealkylation sites (N-methyl/N-ethyl adjacent to an activating group) is 1. The van der Waals surface area contributed by atoms with E-state index in [1.165, 1.54) is 0 Å². The van der Waals surface area contributed by atoms with Crippen LogP contribution in [0.2, 0.25) is 0 Å². The molecule has 94 valence electrons. The van der Waals surface area contributed by atoms with Crippen LogP contribution in [0.1, 0.15) is 24.2 Å². The molecule has 0 saturated heterocycles. The fourth-order valence-corrected chi connectivity index (χ4v) is 1.27. The molecule has 0 saturated carbocycles. The van der Waals surface area contributed by atoms with Crippen LogP contribution < -0.4 is 10.1 Å². The average Bonchev–Trinajstić information content (AvgIpc) is 2.35. The predicted octanol–water partition coefficient (Wildman–Crippen LogP) is 1.25. The molecule has 0 aliphatic heterocycles. The lowest BCUT2D eigenvalue weighted by Crippen LogP contribution is -2.21. The standard InChI is InChI=1S/C12H18N2O3/c1-3-13-8-9-17-11-10(6-5-7-14-11)12(15)16-4-2/h5-7,13H,3-4,8-9H2,1-2H3. The maximum Gasteiger partial charge on any atom is 0.343 e. The zero-order valence-electron chi connectivity index (χ0n) is 10.2. The number of hydrogen-bond donors (Lipinski definition) is 1. The molecule has 5 heteroatoms. The van der Waals surface area contributed by atoms with Gasteiger partial charge in [-0.15, -0.1) is 0 Å². The number of carbonyl (C=O) groups excluding carboxylic acids is 1. The number of rotatable bonds is 7. The number of hydrogen-bond acceptors (Lipinski definition) is 5. The zero-order chi connectivity index (χ0) is 12.5. The van der Waals surface area contributed by atoms with Crippen LogP contribution in [0.5, 0.6) is 5.88 Å². The van der Waals surface area contributed by atoms with E-state index in [0.717, 1.165) is 13.1 Å². The van der Waals surface area contributed by atoms with E-state index >= 15 is 0 Å². The van der Waals surface area contributed by atoms with Crippen molar-refractivity contribution in [2.24, 2.45) is 0 Å². The lowest BCUT2D eigenvalue weighted by Gasteiger charge is -2.09. The van der Waals surface area contributed by atoms with E-state index in [4.69, 9.17) is 9.47 Å². The molecule has 0 amide bonds. The predicted molar refractivity (Wildman–Crippen MR) is 64.2 cm³/mol. The van der Waals surface area contributed by atoms with Gasteiger partial charge in [-0.25, -0.2) is 9.78 Å². The molecule has 1 N–H and O–H groups in total. The normalized spacial score (nSPS) is 10.0. The first-order valence-electron chi connectivity index (χ1n) is 5.75. The largest absolute Gasteiger partial charge is 0.476 e. The van der Waals surface area contributed by atoms with Crippen LogP contribution in [0.25, 0.3) is 0 Å². The van der Waals surface area contributed by atoms with Gasteiger partial charge in [0.2, 0.25) is 5.88 Å². The first-order chi connectivity index (χ1) is 8.29. The van der Waals surface area contributed by atoms with Gasteiger partial charge < -0.3 is 14.8 Å². The summed E-state index contributed by atoms with van der Waals surface area (Å²) in [6, 6.07) is 3.33. The van der Waals surface area contributed by atoms with E-state index in [1.807, 2.05) is 6.92 Å². The van der Waals surface area contributed by atoms with Crippen molar-refractivity contribution in [3.05, 3.63) is 23.9 Å². The molecule has 1 rings (SSSR count). The van der Waals surface area contributed by atoms with Gasteiger partial charge in [-0.1, -0.05) is 6.92 Å². The van der Waals surface area contributed by atoms with E-state index in [1.54, 1.807) is 25.3 Å². The Morgan fingerprint density at radius 1 is 1.47 bits per heavy atom. The number of aromatic nitrogens is 1.